The molecule has 0 saturated heterocycles. The van der Waals surface area contributed by atoms with E-state index in [-0.39, 0.29) is 17.9 Å². The minimum Gasteiger partial charge on any atom is -0.394 e. The predicted octanol–water partition coefficient (Wildman–Crippen LogP) is 4.15. The molecule has 3 aromatic rings. The smallest absolute Gasteiger partial charge is 0.251 e. The zero-order chi connectivity index (χ0) is 26.1. The van der Waals surface area contributed by atoms with Gasteiger partial charge in [-0.15, -0.1) is 0 Å². The molecule has 7 nitrogen and oxygen atoms in total. The molecule has 0 aliphatic heterocycles. The van der Waals surface area contributed by atoms with Crippen LogP contribution in [0.5, 0.6) is 0 Å². The molecule has 1 aliphatic rings. The van der Waals surface area contributed by atoms with Crippen molar-refractivity contribution in [3.05, 3.63) is 76.0 Å². The molecule has 1 aromatic heterocycles. The van der Waals surface area contributed by atoms with E-state index in [1.807, 2.05) is 31.3 Å². The van der Waals surface area contributed by atoms with Gasteiger partial charge in [0.15, 0.2) is 0 Å². The standard InChI is InChI=1S/C29H36N4O3/c1-28(2)13-24-25(14-28)31-32-26(24)21-10-11-22(17-34)23(12-21)16-33(5)15-19-6-8-20(9-7-19)27(36)30-29(3,4)18-35/h6-12,17,35H,13-16,18H2,1-5H3,(H,30,36)(H,31,32). The minimum absolute atomic E-state index is 0.133. The first-order valence-corrected chi connectivity index (χ1v) is 12.4. The van der Waals surface area contributed by atoms with Gasteiger partial charge in [-0.3, -0.25) is 19.6 Å². The van der Waals surface area contributed by atoms with Gasteiger partial charge in [-0.2, -0.15) is 5.10 Å². The van der Waals surface area contributed by atoms with Crippen molar-refractivity contribution < 1.29 is 14.7 Å². The summed E-state index contributed by atoms with van der Waals surface area (Å²) in [7, 11) is 2.01. The van der Waals surface area contributed by atoms with E-state index in [2.05, 4.69) is 40.3 Å². The van der Waals surface area contributed by atoms with Crippen molar-refractivity contribution in [3.63, 3.8) is 0 Å². The van der Waals surface area contributed by atoms with Gasteiger partial charge in [0.05, 0.1) is 17.8 Å². The summed E-state index contributed by atoms with van der Waals surface area (Å²) >= 11 is 0. The molecular weight excluding hydrogens is 452 g/mol. The minimum atomic E-state index is -0.674. The average Bonchev–Trinajstić information content (AvgIpc) is 3.34. The zero-order valence-corrected chi connectivity index (χ0v) is 21.8. The van der Waals surface area contributed by atoms with Crippen molar-refractivity contribution in [2.45, 2.75) is 59.2 Å². The van der Waals surface area contributed by atoms with Crippen LogP contribution in [0.4, 0.5) is 0 Å². The van der Waals surface area contributed by atoms with Crippen LogP contribution in [0.3, 0.4) is 0 Å². The van der Waals surface area contributed by atoms with Crippen molar-refractivity contribution in [1.82, 2.24) is 20.4 Å². The van der Waals surface area contributed by atoms with E-state index in [1.165, 1.54) is 11.3 Å². The zero-order valence-electron chi connectivity index (χ0n) is 21.8. The Kier molecular flexibility index (Phi) is 7.16. The summed E-state index contributed by atoms with van der Waals surface area (Å²) < 4.78 is 0. The lowest BCUT2D eigenvalue weighted by Crippen LogP contribution is -2.46. The molecule has 0 fully saturated rings. The van der Waals surface area contributed by atoms with Gasteiger partial charge in [0, 0.05) is 41.0 Å². The Labute approximate surface area is 212 Å². The molecular formula is C29H36N4O3. The molecule has 3 N–H and O–H groups in total. The molecule has 0 unspecified atom stereocenters. The number of hydrogen-bond acceptors (Lipinski definition) is 5. The lowest BCUT2D eigenvalue weighted by atomic mass is 9.89. The highest BCUT2D eigenvalue weighted by molar-refractivity contribution is 5.94. The van der Waals surface area contributed by atoms with Crippen LogP contribution in [0.25, 0.3) is 11.3 Å². The van der Waals surface area contributed by atoms with Crippen LogP contribution in [0.1, 0.15) is 70.8 Å². The number of carbonyl (C=O) groups is 2. The lowest BCUT2D eigenvalue weighted by molar-refractivity contribution is 0.0869. The largest absolute Gasteiger partial charge is 0.394 e. The second-order valence-electron chi connectivity index (χ2n) is 11.4. The SMILES string of the molecule is CN(Cc1ccc(C(=O)NC(C)(C)CO)cc1)Cc1cc(-c2n[nH]c3c2CC(C)(C)C3)ccc1C=O. The number of aromatic amines is 1. The van der Waals surface area contributed by atoms with E-state index in [0.717, 1.165) is 41.5 Å². The number of rotatable bonds is 9. The molecule has 0 bridgehead atoms. The number of H-pyrrole nitrogens is 1. The van der Waals surface area contributed by atoms with Gasteiger partial charge in [0.2, 0.25) is 0 Å². The fourth-order valence-corrected chi connectivity index (χ4v) is 4.84. The topological polar surface area (TPSA) is 98.3 Å². The number of carbonyl (C=O) groups excluding carboxylic acids is 2. The quantitative estimate of drug-likeness (QED) is 0.393. The van der Waals surface area contributed by atoms with E-state index in [1.54, 1.807) is 26.0 Å². The lowest BCUT2D eigenvalue weighted by Gasteiger charge is -2.23. The van der Waals surface area contributed by atoms with Crippen LogP contribution in [-0.2, 0) is 25.9 Å². The third-order valence-electron chi connectivity index (χ3n) is 6.76. The summed E-state index contributed by atoms with van der Waals surface area (Å²) in [6.45, 7) is 9.23. The first-order valence-electron chi connectivity index (χ1n) is 12.4. The van der Waals surface area contributed by atoms with E-state index in [0.29, 0.717) is 24.2 Å². The van der Waals surface area contributed by atoms with Crippen LogP contribution in [0.2, 0.25) is 0 Å². The van der Waals surface area contributed by atoms with Crippen molar-refractivity contribution >= 4 is 12.2 Å². The Hall–Kier alpha value is -3.29. The van der Waals surface area contributed by atoms with Crippen molar-refractivity contribution in [2.24, 2.45) is 5.41 Å². The maximum absolute atomic E-state index is 12.4. The van der Waals surface area contributed by atoms with E-state index >= 15 is 0 Å². The van der Waals surface area contributed by atoms with E-state index in [9.17, 15) is 14.7 Å². The van der Waals surface area contributed by atoms with Gasteiger partial charge in [0.1, 0.15) is 6.29 Å². The number of amides is 1. The summed E-state index contributed by atoms with van der Waals surface area (Å²) in [5, 5.41) is 20.0. The molecule has 7 heteroatoms. The second kappa shape index (κ2) is 9.99. The van der Waals surface area contributed by atoms with E-state index < -0.39 is 5.54 Å². The molecule has 0 saturated carbocycles. The van der Waals surface area contributed by atoms with Crippen molar-refractivity contribution in [2.75, 3.05) is 13.7 Å². The number of aliphatic hydroxyl groups excluding tert-OH is 1. The highest BCUT2D eigenvalue weighted by Crippen LogP contribution is 2.40. The average molecular weight is 489 g/mol. The molecule has 0 atom stereocenters. The Morgan fingerprint density at radius 3 is 2.56 bits per heavy atom. The normalized spacial score (nSPS) is 14.6. The second-order valence-corrected chi connectivity index (χ2v) is 11.4. The van der Waals surface area contributed by atoms with Crippen LogP contribution in [0, 0.1) is 5.41 Å². The molecule has 4 rings (SSSR count). The Balaban J connectivity index is 1.46. The number of nitrogens with one attached hydrogen (secondary N) is 2. The summed E-state index contributed by atoms with van der Waals surface area (Å²) in [6, 6.07) is 13.4. The van der Waals surface area contributed by atoms with Crippen molar-refractivity contribution in [1.29, 1.82) is 0 Å². The van der Waals surface area contributed by atoms with Crippen LogP contribution in [0.15, 0.2) is 42.5 Å². The molecule has 0 spiro atoms. The fourth-order valence-electron chi connectivity index (χ4n) is 4.84. The van der Waals surface area contributed by atoms with Gasteiger partial charge in [-0.1, -0.05) is 38.1 Å². The van der Waals surface area contributed by atoms with Crippen LogP contribution in [-0.4, -0.2) is 51.6 Å². The predicted molar refractivity (Wildman–Crippen MR) is 141 cm³/mol. The van der Waals surface area contributed by atoms with E-state index in [4.69, 9.17) is 0 Å². The number of aromatic nitrogens is 2. The fraction of sp³-hybridized carbons (Fsp3) is 0.414. The molecule has 36 heavy (non-hydrogen) atoms. The van der Waals surface area contributed by atoms with Crippen LogP contribution >= 0.6 is 0 Å². The molecule has 2 aromatic carbocycles. The number of nitrogens with zero attached hydrogens (tertiary/aromatic N) is 2. The number of aldehydes is 1. The first kappa shape index (κ1) is 25.8. The molecule has 1 aliphatic carbocycles. The van der Waals surface area contributed by atoms with Gasteiger partial charge in [-0.25, -0.2) is 0 Å². The molecule has 1 heterocycles. The van der Waals surface area contributed by atoms with Gasteiger partial charge in [0.25, 0.3) is 5.91 Å². The number of hydrogen-bond donors (Lipinski definition) is 3. The monoisotopic (exact) mass is 488 g/mol. The highest BCUT2D eigenvalue weighted by atomic mass is 16.3. The Morgan fingerprint density at radius 1 is 1.17 bits per heavy atom. The van der Waals surface area contributed by atoms with Crippen molar-refractivity contribution in [3.8, 4) is 11.3 Å². The summed E-state index contributed by atoms with van der Waals surface area (Å²) in [5.74, 6) is -0.213. The molecule has 0 radical (unpaired) electrons. The Morgan fingerprint density at radius 2 is 1.89 bits per heavy atom. The first-order chi connectivity index (χ1) is 17.0. The third-order valence-corrected chi connectivity index (χ3v) is 6.76. The summed E-state index contributed by atoms with van der Waals surface area (Å²) in [5.41, 5.74) is 7.31. The summed E-state index contributed by atoms with van der Waals surface area (Å²) in [4.78, 5) is 26.3. The van der Waals surface area contributed by atoms with Gasteiger partial charge in [-0.05, 0) is 68.5 Å². The molecule has 1 amide bonds. The number of benzene rings is 2. The van der Waals surface area contributed by atoms with Gasteiger partial charge < -0.3 is 10.4 Å². The Bertz CT molecular complexity index is 1260. The number of fused-ring (bicyclic) bond motifs is 1. The summed E-state index contributed by atoms with van der Waals surface area (Å²) in [6.07, 6.45) is 2.90. The number of aliphatic hydroxyl groups is 1. The maximum Gasteiger partial charge on any atom is 0.251 e. The maximum atomic E-state index is 12.4. The molecule has 190 valence electrons. The van der Waals surface area contributed by atoms with Crippen LogP contribution < -0.4 is 5.32 Å². The third kappa shape index (κ3) is 5.74. The highest BCUT2D eigenvalue weighted by Gasteiger charge is 2.32. The van der Waals surface area contributed by atoms with Gasteiger partial charge >= 0.3 is 0 Å².